The summed E-state index contributed by atoms with van der Waals surface area (Å²) in [6, 6.07) is -5.73. The molecule has 2 aromatic rings. The summed E-state index contributed by atoms with van der Waals surface area (Å²) >= 11 is 3.90. The van der Waals surface area contributed by atoms with Crippen molar-refractivity contribution in [2.24, 2.45) is 28.7 Å². The molecule has 19 nitrogen and oxygen atoms in total. The highest BCUT2D eigenvalue weighted by molar-refractivity contribution is 8.14. The first-order valence-electron chi connectivity index (χ1n) is 25.5. The maximum Gasteiger partial charge on any atom is 0.271 e. The predicted octanol–water partition coefficient (Wildman–Crippen LogP) is 4.22. The van der Waals surface area contributed by atoms with E-state index < -0.39 is 71.8 Å². The molecule has 3 fully saturated rings. The molecule has 5 aliphatic heterocycles. The van der Waals surface area contributed by atoms with Gasteiger partial charge in [0.1, 0.15) is 51.6 Å². The second kappa shape index (κ2) is 23.7. The summed E-state index contributed by atoms with van der Waals surface area (Å²) in [7, 11) is 0. The number of carbonyl (C=O) groups excluding carboxylic acids is 8. The van der Waals surface area contributed by atoms with Crippen LogP contribution in [0.3, 0.4) is 0 Å². The van der Waals surface area contributed by atoms with E-state index in [1.54, 1.807) is 20.6 Å². The Bertz CT molecular complexity index is 2360. The lowest BCUT2D eigenvalue weighted by atomic mass is 9.96. The topological polar surface area (TPSA) is 245 Å². The molecular weight excluding hydrogens is 967 g/mol. The van der Waals surface area contributed by atoms with E-state index in [0.29, 0.717) is 91.8 Å². The number of rotatable bonds is 7. The molecule has 0 spiro atoms. The maximum atomic E-state index is 14.7. The minimum absolute atomic E-state index is 0.0480. The molecule has 2 aromatic heterocycles. The Morgan fingerprint density at radius 1 is 0.577 bits per heavy atom. The van der Waals surface area contributed by atoms with Gasteiger partial charge in [-0.2, -0.15) is 0 Å². The Morgan fingerprint density at radius 3 is 1.66 bits per heavy atom. The minimum Gasteiger partial charge on any atom is -0.345 e. The van der Waals surface area contributed by atoms with Crippen LogP contribution in [0.2, 0.25) is 0 Å². The van der Waals surface area contributed by atoms with E-state index >= 15 is 0 Å². The van der Waals surface area contributed by atoms with Gasteiger partial charge in [-0.15, -0.1) is 34.4 Å². The minimum atomic E-state index is -0.992. The standard InChI is InChI=1S/C49H71N11O8S3/c1-9-26(6)37-45-53-31(24-71-45)41(63)55-36(25(4)5)48(67)60-20-14-17-34(60)47(66)58-18-12-15-32(58)43(65)57-39(28(8)11-3)49(68)59-19-13-16-33(59)44-51-30(23-69-44)42(64)56-38(27(7)10-2)46-52-29(22-70-46)40(62)50-21-35(61)54-37/h22,24-28,30,32-34,36-39H,9-21,23H2,1-8H3,(H,50,62)(H,54,61)(H,55,63)(H,56,64)(H,57,65)/t26-,27-,28-,30-,32-,33-,34-,36-,37+,38?,39-/m0/s1. The second-order valence-electron chi connectivity index (χ2n) is 20.1. The fourth-order valence-electron chi connectivity index (χ4n) is 9.96. The average molecular weight is 1040 g/mol. The highest BCUT2D eigenvalue weighted by Gasteiger charge is 2.46. The number of carbonyl (C=O) groups is 8. The third-order valence-electron chi connectivity index (χ3n) is 14.9. The van der Waals surface area contributed by atoms with Crippen molar-refractivity contribution in [3.8, 4) is 0 Å². The Morgan fingerprint density at radius 2 is 1.07 bits per heavy atom. The van der Waals surface area contributed by atoms with Crippen molar-refractivity contribution in [2.75, 3.05) is 31.9 Å². The third kappa shape index (κ3) is 12.0. The molecule has 0 saturated carbocycles. The molecule has 11 atom stereocenters. The summed E-state index contributed by atoms with van der Waals surface area (Å²) in [6.45, 7) is 16.2. The molecule has 8 amide bonds. The van der Waals surface area contributed by atoms with Gasteiger partial charge in [0, 0.05) is 36.1 Å². The van der Waals surface area contributed by atoms with Gasteiger partial charge in [0.15, 0.2) is 0 Å². The molecule has 22 heteroatoms. The van der Waals surface area contributed by atoms with E-state index in [4.69, 9.17) is 4.99 Å². The zero-order valence-corrected chi connectivity index (χ0v) is 44.6. The molecule has 7 heterocycles. The van der Waals surface area contributed by atoms with Crippen LogP contribution in [0, 0.1) is 23.7 Å². The van der Waals surface area contributed by atoms with Gasteiger partial charge < -0.3 is 41.3 Å². The van der Waals surface area contributed by atoms with Crippen LogP contribution in [0.15, 0.2) is 15.8 Å². The quantitative estimate of drug-likeness (QED) is 0.263. The second-order valence-corrected chi connectivity index (χ2v) is 22.9. The average Bonchev–Trinajstić information content (AvgIpc) is 4.23. The van der Waals surface area contributed by atoms with Gasteiger partial charge in [0.2, 0.25) is 35.4 Å². The first-order valence-corrected chi connectivity index (χ1v) is 28.2. The zero-order valence-electron chi connectivity index (χ0n) is 42.2. The number of aliphatic imine (C=N–C) groups is 1. The van der Waals surface area contributed by atoms with Crippen LogP contribution < -0.4 is 26.6 Å². The number of fused-ring (bicyclic) bond motifs is 9. The number of nitrogens with zero attached hydrogens (tertiary/aromatic N) is 6. The van der Waals surface area contributed by atoms with E-state index in [0.717, 1.165) is 6.42 Å². The van der Waals surface area contributed by atoms with E-state index in [1.807, 2.05) is 55.4 Å². The summed E-state index contributed by atoms with van der Waals surface area (Å²) in [4.78, 5) is 132. The van der Waals surface area contributed by atoms with Crippen LogP contribution in [0.25, 0.3) is 0 Å². The number of hydrogen-bond acceptors (Lipinski definition) is 14. The lowest BCUT2D eigenvalue weighted by Gasteiger charge is -2.35. The van der Waals surface area contributed by atoms with Gasteiger partial charge in [-0.05, 0) is 62.2 Å². The molecule has 3 saturated heterocycles. The fraction of sp³-hybridized carbons (Fsp3) is 0.694. The van der Waals surface area contributed by atoms with E-state index in [-0.39, 0.29) is 65.4 Å². The van der Waals surface area contributed by atoms with Crippen LogP contribution in [-0.2, 0) is 28.8 Å². The number of hydrogen-bond donors (Lipinski definition) is 5. The largest absolute Gasteiger partial charge is 0.345 e. The van der Waals surface area contributed by atoms with Crippen molar-refractivity contribution in [1.82, 2.24) is 51.3 Å². The fourth-order valence-corrected chi connectivity index (χ4v) is 13.1. The lowest BCUT2D eigenvalue weighted by Crippen LogP contribution is -2.59. The highest BCUT2D eigenvalue weighted by Crippen LogP contribution is 2.34. The number of nitrogens with one attached hydrogen (secondary N) is 5. The van der Waals surface area contributed by atoms with Crippen molar-refractivity contribution in [1.29, 1.82) is 0 Å². The van der Waals surface area contributed by atoms with Crippen molar-refractivity contribution < 1.29 is 38.4 Å². The molecular formula is C49H71N11O8S3. The van der Waals surface area contributed by atoms with Crippen molar-refractivity contribution in [2.45, 2.75) is 162 Å². The Balaban J connectivity index is 1.18. The Kier molecular flexibility index (Phi) is 18.0. The van der Waals surface area contributed by atoms with Crippen molar-refractivity contribution in [3.63, 3.8) is 0 Å². The van der Waals surface area contributed by atoms with Crippen molar-refractivity contribution in [3.05, 3.63) is 32.2 Å². The molecule has 0 radical (unpaired) electrons. The number of thiazole rings is 2. The summed E-state index contributed by atoms with van der Waals surface area (Å²) in [5.74, 6) is -3.65. The van der Waals surface area contributed by atoms with Crippen molar-refractivity contribution >= 4 is 86.7 Å². The van der Waals surface area contributed by atoms with Gasteiger partial charge >= 0.3 is 0 Å². The van der Waals surface area contributed by atoms with Crippen LogP contribution in [0.5, 0.6) is 0 Å². The van der Waals surface area contributed by atoms with E-state index in [1.165, 1.54) is 39.3 Å². The van der Waals surface area contributed by atoms with Gasteiger partial charge in [0.25, 0.3) is 11.8 Å². The molecule has 6 bridgehead atoms. The molecule has 0 aromatic carbocycles. The lowest BCUT2D eigenvalue weighted by molar-refractivity contribution is -0.148. The monoisotopic (exact) mass is 1040 g/mol. The van der Waals surface area contributed by atoms with Crippen LogP contribution in [0.4, 0.5) is 0 Å². The van der Waals surface area contributed by atoms with Crippen LogP contribution >= 0.6 is 34.4 Å². The summed E-state index contributed by atoms with van der Waals surface area (Å²) < 4.78 is 0. The number of amides is 8. The van der Waals surface area contributed by atoms with E-state index in [2.05, 4.69) is 36.6 Å². The van der Waals surface area contributed by atoms with Gasteiger partial charge in [0.05, 0.1) is 29.7 Å². The first kappa shape index (κ1) is 53.8. The maximum absolute atomic E-state index is 14.7. The first-order chi connectivity index (χ1) is 33.9. The normalized spacial score (nSPS) is 29.1. The van der Waals surface area contributed by atoms with Gasteiger partial charge in [-0.1, -0.05) is 74.7 Å². The molecule has 5 N–H and O–H groups in total. The van der Waals surface area contributed by atoms with Gasteiger partial charge in [-0.25, -0.2) is 9.97 Å². The summed E-state index contributed by atoms with van der Waals surface area (Å²) in [6.07, 6.45) is 5.31. The van der Waals surface area contributed by atoms with Crippen LogP contribution in [-0.4, -0.2) is 145 Å². The summed E-state index contributed by atoms with van der Waals surface area (Å²) in [5, 5.41) is 19.7. The highest BCUT2D eigenvalue weighted by atomic mass is 32.2. The van der Waals surface area contributed by atoms with Gasteiger partial charge in [-0.3, -0.25) is 43.3 Å². The van der Waals surface area contributed by atoms with Crippen LogP contribution in [0.1, 0.15) is 156 Å². The molecule has 5 aliphatic rings. The van der Waals surface area contributed by atoms with E-state index in [9.17, 15) is 38.4 Å². The Hall–Kier alpha value is -4.96. The molecule has 0 aliphatic carbocycles. The third-order valence-corrected chi connectivity index (χ3v) is 18.0. The molecule has 1 unspecified atom stereocenters. The molecule has 7 rings (SSSR count). The number of aromatic nitrogens is 2. The summed E-state index contributed by atoms with van der Waals surface area (Å²) in [5.41, 5.74) is 0.178. The predicted molar refractivity (Wildman–Crippen MR) is 273 cm³/mol. The smallest absolute Gasteiger partial charge is 0.271 e. The molecule has 388 valence electrons. The SMILES string of the molecule is CC[C@H](C)C1NC(=O)[C@@H]2CSC(=N2)[C@@H]2CCCN2C(=O)[C@H]([C@@H](C)CC)NC(=O)[C@@H]2CCCN2C(=O)[C@@H]2CCCN2C(=O)[C@H](C(C)C)NC(=O)c2csc(n2)[C@@H]([C@@H](C)CC)NC(=O)CNC(=O)c2csc1n2. The Labute approximate surface area is 428 Å². The zero-order chi connectivity index (χ0) is 51.3. The molecule has 71 heavy (non-hydrogen) atoms. The number of thioether (sulfide) groups is 1.